The van der Waals surface area contributed by atoms with E-state index < -0.39 is 0 Å². The van der Waals surface area contributed by atoms with E-state index in [2.05, 4.69) is 29.6 Å². The third kappa shape index (κ3) is 3.58. The minimum atomic E-state index is 0.546. The standard InChI is InChI=1S/C17H25NO/c1-19-11-10-17(8-9-17)13-18-12-14-2-4-15(5-3-14)16-6-7-16/h2-5,16,18H,6-13H2,1H3. The minimum absolute atomic E-state index is 0.546. The van der Waals surface area contributed by atoms with E-state index in [1.807, 2.05) is 0 Å². The summed E-state index contributed by atoms with van der Waals surface area (Å²) in [4.78, 5) is 0. The zero-order valence-electron chi connectivity index (χ0n) is 12.0. The summed E-state index contributed by atoms with van der Waals surface area (Å²) in [5.41, 5.74) is 3.48. The van der Waals surface area contributed by atoms with E-state index in [0.717, 1.165) is 25.6 Å². The van der Waals surface area contributed by atoms with Crippen molar-refractivity contribution >= 4 is 0 Å². The largest absolute Gasteiger partial charge is 0.385 e. The normalized spacial score (nSPS) is 20.5. The predicted molar refractivity (Wildman–Crippen MR) is 78.3 cm³/mol. The molecule has 2 fully saturated rings. The van der Waals surface area contributed by atoms with Crippen molar-refractivity contribution in [2.75, 3.05) is 20.3 Å². The molecule has 0 spiro atoms. The van der Waals surface area contributed by atoms with Crippen LogP contribution >= 0.6 is 0 Å². The average Bonchev–Trinajstić information content (AvgIpc) is 3.33. The van der Waals surface area contributed by atoms with Crippen LogP contribution in [0.1, 0.15) is 49.1 Å². The lowest BCUT2D eigenvalue weighted by Crippen LogP contribution is -2.24. The van der Waals surface area contributed by atoms with Gasteiger partial charge in [0.2, 0.25) is 0 Å². The third-order valence-corrected chi connectivity index (χ3v) is 4.65. The lowest BCUT2D eigenvalue weighted by atomic mass is 10.0. The highest BCUT2D eigenvalue weighted by molar-refractivity contribution is 5.28. The van der Waals surface area contributed by atoms with Crippen molar-refractivity contribution in [2.45, 2.75) is 44.6 Å². The highest BCUT2D eigenvalue weighted by atomic mass is 16.5. The molecule has 1 aromatic carbocycles. The van der Waals surface area contributed by atoms with Gasteiger partial charge in [0, 0.05) is 26.8 Å². The van der Waals surface area contributed by atoms with Gasteiger partial charge in [-0.2, -0.15) is 0 Å². The summed E-state index contributed by atoms with van der Waals surface area (Å²) in [6.45, 7) is 3.04. The quantitative estimate of drug-likeness (QED) is 0.772. The number of methoxy groups -OCH3 is 1. The second-order valence-corrected chi connectivity index (χ2v) is 6.36. The Bertz CT molecular complexity index is 404. The zero-order valence-corrected chi connectivity index (χ0v) is 12.0. The average molecular weight is 259 g/mol. The van der Waals surface area contributed by atoms with Gasteiger partial charge >= 0.3 is 0 Å². The second kappa shape index (κ2) is 5.64. The molecule has 2 aliphatic carbocycles. The van der Waals surface area contributed by atoms with Gasteiger partial charge in [-0.05, 0) is 54.6 Å². The molecule has 0 amide bonds. The van der Waals surface area contributed by atoms with Crippen molar-refractivity contribution in [1.82, 2.24) is 5.32 Å². The van der Waals surface area contributed by atoms with E-state index >= 15 is 0 Å². The summed E-state index contributed by atoms with van der Waals surface area (Å²) < 4.78 is 5.20. The first-order chi connectivity index (χ1) is 9.31. The van der Waals surface area contributed by atoms with Gasteiger partial charge in [-0.1, -0.05) is 24.3 Å². The molecular formula is C17H25NO. The summed E-state index contributed by atoms with van der Waals surface area (Å²) in [6, 6.07) is 9.20. The molecule has 0 saturated heterocycles. The Hall–Kier alpha value is -0.860. The lowest BCUT2D eigenvalue weighted by molar-refractivity contribution is 0.171. The Labute approximate surface area is 116 Å². The summed E-state index contributed by atoms with van der Waals surface area (Å²) in [7, 11) is 1.80. The zero-order chi connectivity index (χ0) is 13.1. The van der Waals surface area contributed by atoms with Gasteiger partial charge in [-0.3, -0.25) is 0 Å². The smallest absolute Gasteiger partial charge is 0.0468 e. The molecule has 2 nitrogen and oxygen atoms in total. The Kier molecular flexibility index (Phi) is 3.90. The molecule has 104 valence electrons. The van der Waals surface area contributed by atoms with Crippen LogP contribution in [0.5, 0.6) is 0 Å². The second-order valence-electron chi connectivity index (χ2n) is 6.36. The van der Waals surface area contributed by atoms with Crippen LogP contribution in [0.2, 0.25) is 0 Å². The first kappa shape index (κ1) is 13.1. The molecule has 2 saturated carbocycles. The van der Waals surface area contributed by atoms with Crippen LogP contribution in [0.15, 0.2) is 24.3 Å². The Balaban J connectivity index is 1.42. The molecule has 0 bridgehead atoms. The molecule has 0 aliphatic heterocycles. The molecule has 0 heterocycles. The Morgan fingerprint density at radius 1 is 1.21 bits per heavy atom. The fourth-order valence-corrected chi connectivity index (χ4v) is 2.81. The van der Waals surface area contributed by atoms with Crippen LogP contribution in [0.25, 0.3) is 0 Å². The molecule has 19 heavy (non-hydrogen) atoms. The van der Waals surface area contributed by atoms with E-state index in [0.29, 0.717) is 5.41 Å². The SMILES string of the molecule is COCCC1(CNCc2ccc(C3CC3)cc2)CC1. The molecule has 3 rings (SSSR count). The summed E-state index contributed by atoms with van der Waals surface area (Å²) >= 11 is 0. The van der Waals surface area contributed by atoms with Crippen molar-refractivity contribution in [1.29, 1.82) is 0 Å². The number of hydrogen-bond donors (Lipinski definition) is 1. The van der Waals surface area contributed by atoms with Gasteiger partial charge in [0.15, 0.2) is 0 Å². The molecular weight excluding hydrogens is 234 g/mol. The summed E-state index contributed by atoms with van der Waals surface area (Å²) in [6.07, 6.45) is 6.71. The van der Waals surface area contributed by atoms with Gasteiger partial charge in [0.25, 0.3) is 0 Å². The van der Waals surface area contributed by atoms with Crippen molar-refractivity contribution in [2.24, 2.45) is 5.41 Å². The van der Waals surface area contributed by atoms with Gasteiger partial charge < -0.3 is 10.1 Å². The molecule has 0 radical (unpaired) electrons. The van der Waals surface area contributed by atoms with Crippen LogP contribution in [-0.2, 0) is 11.3 Å². The number of hydrogen-bond acceptors (Lipinski definition) is 2. The number of rotatable bonds is 8. The fraction of sp³-hybridized carbons (Fsp3) is 0.647. The van der Waals surface area contributed by atoms with E-state index in [-0.39, 0.29) is 0 Å². The highest BCUT2D eigenvalue weighted by Crippen LogP contribution is 2.48. The first-order valence-corrected chi connectivity index (χ1v) is 7.60. The van der Waals surface area contributed by atoms with Crippen LogP contribution < -0.4 is 5.32 Å². The molecule has 1 N–H and O–H groups in total. The van der Waals surface area contributed by atoms with Crippen molar-refractivity contribution in [3.05, 3.63) is 35.4 Å². The van der Waals surface area contributed by atoms with Crippen molar-refractivity contribution in [3.63, 3.8) is 0 Å². The molecule has 2 aliphatic rings. The predicted octanol–water partition coefficient (Wildman–Crippen LogP) is 3.47. The first-order valence-electron chi connectivity index (χ1n) is 7.60. The van der Waals surface area contributed by atoms with Crippen molar-refractivity contribution < 1.29 is 4.74 Å². The topological polar surface area (TPSA) is 21.3 Å². The summed E-state index contributed by atoms with van der Waals surface area (Å²) in [5.74, 6) is 0.866. The van der Waals surface area contributed by atoms with Crippen LogP contribution in [0.4, 0.5) is 0 Å². The minimum Gasteiger partial charge on any atom is -0.385 e. The Morgan fingerprint density at radius 3 is 2.53 bits per heavy atom. The van der Waals surface area contributed by atoms with E-state index in [1.54, 1.807) is 7.11 Å². The van der Waals surface area contributed by atoms with E-state index in [4.69, 9.17) is 4.74 Å². The van der Waals surface area contributed by atoms with Crippen LogP contribution in [0, 0.1) is 5.41 Å². The van der Waals surface area contributed by atoms with Crippen LogP contribution in [-0.4, -0.2) is 20.3 Å². The molecule has 1 aromatic rings. The third-order valence-electron chi connectivity index (χ3n) is 4.65. The highest BCUT2D eigenvalue weighted by Gasteiger charge is 2.41. The maximum atomic E-state index is 5.20. The van der Waals surface area contributed by atoms with Crippen LogP contribution in [0.3, 0.4) is 0 Å². The number of nitrogens with one attached hydrogen (secondary N) is 1. The van der Waals surface area contributed by atoms with E-state index in [9.17, 15) is 0 Å². The molecule has 0 aromatic heterocycles. The molecule has 0 atom stereocenters. The van der Waals surface area contributed by atoms with Gasteiger partial charge in [0.1, 0.15) is 0 Å². The van der Waals surface area contributed by atoms with Crippen molar-refractivity contribution in [3.8, 4) is 0 Å². The lowest BCUT2D eigenvalue weighted by Gasteiger charge is -2.15. The van der Waals surface area contributed by atoms with Gasteiger partial charge in [-0.25, -0.2) is 0 Å². The number of benzene rings is 1. The monoisotopic (exact) mass is 259 g/mol. The van der Waals surface area contributed by atoms with E-state index in [1.165, 1.54) is 43.2 Å². The molecule has 0 unspecified atom stereocenters. The van der Waals surface area contributed by atoms with Gasteiger partial charge in [0.05, 0.1) is 0 Å². The van der Waals surface area contributed by atoms with Gasteiger partial charge in [-0.15, -0.1) is 0 Å². The Morgan fingerprint density at radius 2 is 1.95 bits per heavy atom. The number of ether oxygens (including phenoxy) is 1. The summed E-state index contributed by atoms with van der Waals surface area (Å²) in [5, 5.41) is 3.62. The maximum absolute atomic E-state index is 5.20. The maximum Gasteiger partial charge on any atom is 0.0468 e. The fourth-order valence-electron chi connectivity index (χ4n) is 2.81. The molecule has 2 heteroatoms.